The van der Waals surface area contributed by atoms with Gasteiger partial charge in [-0.2, -0.15) is 4.98 Å². The summed E-state index contributed by atoms with van der Waals surface area (Å²) in [7, 11) is 5.80. The molecular formula is C29H35F2N7O2. The van der Waals surface area contributed by atoms with Gasteiger partial charge in [0.15, 0.2) is 5.82 Å². The lowest BCUT2D eigenvalue weighted by atomic mass is 9.97. The summed E-state index contributed by atoms with van der Waals surface area (Å²) in [5, 5.41) is 5.60. The summed E-state index contributed by atoms with van der Waals surface area (Å²) in [6.07, 6.45) is 0.815. The number of nitrogens with zero attached hydrogens (tertiary/aromatic N) is 5. The molecule has 0 saturated heterocycles. The Morgan fingerprint density at radius 2 is 1.80 bits per heavy atom. The van der Waals surface area contributed by atoms with Crippen LogP contribution in [0, 0.1) is 18.6 Å². The van der Waals surface area contributed by atoms with E-state index in [0.29, 0.717) is 34.9 Å². The number of nitrogens with one attached hydrogen (secondary N) is 2. The maximum Gasteiger partial charge on any atom is 0.328 e. The second-order valence-corrected chi connectivity index (χ2v) is 10.5. The van der Waals surface area contributed by atoms with Crippen LogP contribution in [0.5, 0.6) is 0 Å². The van der Waals surface area contributed by atoms with E-state index in [9.17, 15) is 18.4 Å². The highest BCUT2D eigenvalue weighted by atomic mass is 19.1. The van der Waals surface area contributed by atoms with Crippen molar-refractivity contribution in [3.63, 3.8) is 0 Å². The Labute approximate surface area is 233 Å². The highest BCUT2D eigenvalue weighted by Crippen LogP contribution is 2.39. The second kappa shape index (κ2) is 12.0. The molecule has 40 heavy (non-hydrogen) atoms. The number of rotatable bonds is 9. The molecule has 0 fully saturated rings. The number of fused-ring (bicyclic) bond motifs is 1. The second-order valence-electron chi connectivity index (χ2n) is 10.5. The molecule has 1 aliphatic heterocycles. The van der Waals surface area contributed by atoms with Gasteiger partial charge in [-0.05, 0) is 77.7 Å². The number of carbonyl (C=O) groups is 2. The highest BCUT2D eigenvalue weighted by molar-refractivity contribution is 6.02. The molecule has 2 heterocycles. The van der Waals surface area contributed by atoms with E-state index >= 15 is 0 Å². The van der Waals surface area contributed by atoms with E-state index in [1.54, 1.807) is 12.1 Å². The number of carbonyl (C=O) groups excluding carboxylic acids is 2. The highest BCUT2D eigenvalue weighted by Gasteiger charge is 2.34. The van der Waals surface area contributed by atoms with Gasteiger partial charge in [0.05, 0.1) is 12.2 Å². The first kappa shape index (κ1) is 28.9. The zero-order valence-electron chi connectivity index (χ0n) is 23.7. The van der Waals surface area contributed by atoms with Crippen molar-refractivity contribution in [2.24, 2.45) is 0 Å². The Bertz CT molecular complexity index is 1410. The van der Waals surface area contributed by atoms with Gasteiger partial charge in [0, 0.05) is 36.3 Å². The van der Waals surface area contributed by atoms with Crippen LogP contribution in [0.4, 0.5) is 31.0 Å². The third-order valence-corrected chi connectivity index (χ3v) is 6.58. The van der Waals surface area contributed by atoms with Crippen LogP contribution in [0.1, 0.15) is 41.8 Å². The Balaban J connectivity index is 1.92. The van der Waals surface area contributed by atoms with E-state index in [2.05, 4.69) is 20.5 Å². The largest absolute Gasteiger partial charge is 0.350 e. The number of halogens is 2. The standard InChI is InChI=1S/C29H35F2N7O2/c1-17(2)33-27(39)19-12-11-18(3)20(15-19)24-21-16-32-29(40)38(25-22(30)9-7-10-23(25)31)26(21)35-28(34-24)37(6)14-8-13-36(4)5/h7,9-12,15,17H,8,13-14,16H2,1-6H3,(H,32,40)(H,33,39). The quantitative estimate of drug-likeness (QED) is 0.403. The summed E-state index contributed by atoms with van der Waals surface area (Å²) in [4.78, 5) is 40.3. The summed E-state index contributed by atoms with van der Waals surface area (Å²) in [5.74, 6) is -1.65. The van der Waals surface area contributed by atoms with Gasteiger partial charge in [-0.3, -0.25) is 4.79 Å². The molecule has 2 aromatic carbocycles. The zero-order valence-corrected chi connectivity index (χ0v) is 23.7. The first-order chi connectivity index (χ1) is 19.0. The van der Waals surface area contributed by atoms with E-state index < -0.39 is 23.4 Å². The number of hydrogen-bond acceptors (Lipinski definition) is 6. The van der Waals surface area contributed by atoms with Crippen molar-refractivity contribution in [3.05, 3.63) is 64.7 Å². The molecule has 11 heteroatoms. The summed E-state index contributed by atoms with van der Waals surface area (Å²) < 4.78 is 29.9. The van der Waals surface area contributed by atoms with E-state index in [4.69, 9.17) is 4.98 Å². The molecule has 0 aliphatic carbocycles. The van der Waals surface area contributed by atoms with Crippen LogP contribution >= 0.6 is 0 Å². The summed E-state index contributed by atoms with van der Waals surface area (Å²) in [5.41, 5.74) is 2.37. The van der Waals surface area contributed by atoms with Gasteiger partial charge in [0.25, 0.3) is 5.91 Å². The Morgan fingerprint density at radius 3 is 2.45 bits per heavy atom. The number of benzene rings is 2. The van der Waals surface area contributed by atoms with Gasteiger partial charge >= 0.3 is 6.03 Å². The number of aromatic nitrogens is 2. The van der Waals surface area contributed by atoms with Crippen LogP contribution in [-0.4, -0.2) is 67.1 Å². The molecule has 0 atom stereocenters. The Hall–Kier alpha value is -4.12. The van der Waals surface area contributed by atoms with Crippen LogP contribution in [0.25, 0.3) is 11.3 Å². The van der Waals surface area contributed by atoms with Crippen molar-refractivity contribution in [1.82, 2.24) is 25.5 Å². The molecule has 0 spiro atoms. The van der Waals surface area contributed by atoms with Gasteiger partial charge in [0.2, 0.25) is 5.95 Å². The summed E-state index contributed by atoms with van der Waals surface area (Å²) in [6, 6.07) is 7.99. The van der Waals surface area contributed by atoms with Crippen molar-refractivity contribution < 1.29 is 18.4 Å². The first-order valence-electron chi connectivity index (χ1n) is 13.2. The monoisotopic (exact) mass is 551 g/mol. The lowest BCUT2D eigenvalue weighted by Crippen LogP contribution is -2.43. The number of aryl methyl sites for hydroxylation is 1. The maximum atomic E-state index is 15.0. The minimum Gasteiger partial charge on any atom is -0.350 e. The Morgan fingerprint density at radius 1 is 1.10 bits per heavy atom. The predicted octanol–water partition coefficient (Wildman–Crippen LogP) is 4.62. The van der Waals surface area contributed by atoms with Crippen molar-refractivity contribution in [2.75, 3.05) is 44.0 Å². The minimum absolute atomic E-state index is 0.0442. The molecular weight excluding hydrogens is 516 g/mol. The Kier molecular flexibility index (Phi) is 8.63. The van der Waals surface area contributed by atoms with Crippen LogP contribution in [-0.2, 0) is 6.54 Å². The van der Waals surface area contributed by atoms with Crippen LogP contribution in [0.15, 0.2) is 36.4 Å². The maximum absolute atomic E-state index is 15.0. The summed E-state index contributed by atoms with van der Waals surface area (Å²) >= 11 is 0. The third kappa shape index (κ3) is 6.04. The van der Waals surface area contributed by atoms with Gasteiger partial charge in [-0.15, -0.1) is 0 Å². The van der Waals surface area contributed by atoms with E-state index in [1.807, 2.05) is 52.9 Å². The average molecular weight is 552 g/mol. The molecule has 1 aromatic heterocycles. The molecule has 3 aromatic rings. The lowest BCUT2D eigenvalue weighted by Gasteiger charge is -2.32. The zero-order chi connectivity index (χ0) is 29.1. The number of hydrogen-bond donors (Lipinski definition) is 2. The summed E-state index contributed by atoms with van der Waals surface area (Å²) in [6.45, 7) is 7.14. The normalized spacial score (nSPS) is 12.9. The smallest absolute Gasteiger partial charge is 0.328 e. The van der Waals surface area contributed by atoms with Gasteiger partial charge in [-0.25, -0.2) is 23.5 Å². The SMILES string of the molecule is Cc1ccc(C(=O)NC(C)C)cc1-c1nc(N(C)CCCN(C)C)nc2c1CNC(=O)N2c1c(F)cccc1F. The van der Waals surface area contributed by atoms with Gasteiger partial charge in [-0.1, -0.05) is 12.1 Å². The van der Waals surface area contributed by atoms with Crippen LogP contribution < -0.4 is 20.4 Å². The fraction of sp³-hybridized carbons (Fsp3) is 0.379. The molecule has 0 bridgehead atoms. The molecule has 0 saturated carbocycles. The molecule has 0 unspecified atom stereocenters. The fourth-order valence-corrected chi connectivity index (χ4v) is 4.54. The third-order valence-electron chi connectivity index (χ3n) is 6.58. The van der Waals surface area contributed by atoms with Crippen molar-refractivity contribution in [1.29, 1.82) is 0 Å². The van der Waals surface area contributed by atoms with Crippen LogP contribution in [0.2, 0.25) is 0 Å². The van der Waals surface area contributed by atoms with E-state index in [-0.39, 0.29) is 24.3 Å². The molecule has 4 rings (SSSR count). The van der Waals surface area contributed by atoms with E-state index in [1.165, 1.54) is 6.07 Å². The lowest BCUT2D eigenvalue weighted by molar-refractivity contribution is 0.0943. The van der Waals surface area contributed by atoms with Crippen LogP contribution in [0.3, 0.4) is 0 Å². The molecule has 2 N–H and O–H groups in total. The van der Waals surface area contributed by atoms with Crippen molar-refractivity contribution >= 4 is 29.4 Å². The fourth-order valence-electron chi connectivity index (χ4n) is 4.54. The number of amides is 3. The minimum atomic E-state index is -0.896. The van der Waals surface area contributed by atoms with Crippen molar-refractivity contribution in [2.45, 2.75) is 39.8 Å². The average Bonchev–Trinajstić information content (AvgIpc) is 2.88. The number of anilines is 3. The number of para-hydroxylation sites is 1. The van der Waals surface area contributed by atoms with Gasteiger partial charge in [0.1, 0.15) is 17.3 Å². The predicted molar refractivity (Wildman–Crippen MR) is 152 cm³/mol. The molecule has 212 valence electrons. The topological polar surface area (TPSA) is 93.7 Å². The molecule has 9 nitrogen and oxygen atoms in total. The van der Waals surface area contributed by atoms with Crippen molar-refractivity contribution in [3.8, 4) is 11.3 Å². The number of urea groups is 1. The molecule has 3 amide bonds. The first-order valence-corrected chi connectivity index (χ1v) is 13.2. The molecule has 0 radical (unpaired) electrons. The molecule has 1 aliphatic rings. The van der Waals surface area contributed by atoms with E-state index in [0.717, 1.165) is 35.6 Å². The van der Waals surface area contributed by atoms with Gasteiger partial charge < -0.3 is 20.4 Å².